The van der Waals surface area contributed by atoms with Crippen LogP contribution in [-0.2, 0) is 13.1 Å². The van der Waals surface area contributed by atoms with E-state index in [2.05, 4.69) is 20.7 Å². The number of amides is 1. The highest BCUT2D eigenvalue weighted by Crippen LogP contribution is 2.26. The van der Waals surface area contributed by atoms with Gasteiger partial charge < -0.3 is 9.84 Å². The van der Waals surface area contributed by atoms with Gasteiger partial charge in [0.2, 0.25) is 0 Å². The number of carbonyl (C=O) groups excluding carboxylic acids is 1. The minimum absolute atomic E-state index is 0.0504. The third kappa shape index (κ3) is 4.54. The van der Waals surface area contributed by atoms with Crippen LogP contribution >= 0.6 is 0 Å². The third-order valence-corrected chi connectivity index (χ3v) is 5.87. The van der Waals surface area contributed by atoms with E-state index in [1.165, 1.54) is 16.8 Å². The molecule has 12 heteroatoms. The monoisotopic (exact) mass is 481 g/mol. The molecule has 4 aromatic rings. The standard InChI is InChI=1S/C23H24FN7O4/c1-12-20(14(3)29(26-12)10-17-7-6-8-18(24)9-17)25-23(32)21-19(16(5)35-28-21)11-30-15(4)22(31(33)34)13(2)27-30/h6-9H,10-11H2,1-5H3,(H,25,32). The van der Waals surface area contributed by atoms with Crippen molar-refractivity contribution in [2.45, 2.75) is 47.7 Å². The lowest BCUT2D eigenvalue weighted by molar-refractivity contribution is -0.386. The smallest absolute Gasteiger partial charge is 0.312 e. The SMILES string of the molecule is Cc1nn(Cc2cccc(F)c2)c(C)c1NC(=O)c1noc(C)c1Cn1nc(C)c([N+](=O)[O-])c1C. The number of hydrogen-bond acceptors (Lipinski definition) is 7. The number of carbonyl (C=O) groups is 1. The van der Waals surface area contributed by atoms with Gasteiger partial charge in [-0.3, -0.25) is 24.3 Å². The first kappa shape index (κ1) is 23.8. The number of hydrogen-bond donors (Lipinski definition) is 1. The topological polar surface area (TPSA) is 134 Å². The minimum Gasteiger partial charge on any atom is -0.361 e. The van der Waals surface area contributed by atoms with E-state index in [9.17, 15) is 19.3 Å². The number of aryl methyl sites for hydroxylation is 3. The number of nitrogens with one attached hydrogen (secondary N) is 1. The Balaban J connectivity index is 1.59. The minimum atomic E-state index is -0.510. The molecule has 1 amide bonds. The van der Waals surface area contributed by atoms with Crippen molar-refractivity contribution in [3.05, 3.63) is 85.6 Å². The summed E-state index contributed by atoms with van der Waals surface area (Å²) in [7, 11) is 0. The van der Waals surface area contributed by atoms with Crippen molar-refractivity contribution in [1.82, 2.24) is 24.7 Å². The molecule has 0 bridgehead atoms. The van der Waals surface area contributed by atoms with E-state index in [0.717, 1.165) is 5.56 Å². The molecule has 0 atom stereocenters. The van der Waals surface area contributed by atoms with Gasteiger partial charge in [-0.1, -0.05) is 17.3 Å². The molecular formula is C23H24FN7O4. The zero-order valence-corrected chi connectivity index (χ0v) is 19.9. The number of anilines is 1. The second kappa shape index (κ2) is 9.12. The van der Waals surface area contributed by atoms with Crippen molar-refractivity contribution in [2.24, 2.45) is 0 Å². The zero-order chi connectivity index (χ0) is 25.4. The van der Waals surface area contributed by atoms with Crippen molar-refractivity contribution in [3.8, 4) is 0 Å². The molecule has 35 heavy (non-hydrogen) atoms. The van der Waals surface area contributed by atoms with Crippen molar-refractivity contribution in [3.63, 3.8) is 0 Å². The van der Waals surface area contributed by atoms with Gasteiger partial charge in [-0.2, -0.15) is 10.2 Å². The molecule has 0 aliphatic rings. The van der Waals surface area contributed by atoms with Crippen LogP contribution in [0.1, 0.15) is 50.2 Å². The number of nitro groups is 1. The first-order valence-electron chi connectivity index (χ1n) is 10.8. The number of nitrogens with zero attached hydrogens (tertiary/aromatic N) is 6. The fourth-order valence-electron chi connectivity index (χ4n) is 4.02. The molecule has 3 heterocycles. The predicted octanol–water partition coefficient (Wildman–Crippen LogP) is 4.01. The van der Waals surface area contributed by atoms with E-state index in [0.29, 0.717) is 40.6 Å². The molecule has 0 saturated heterocycles. The quantitative estimate of drug-likeness (QED) is 0.311. The molecule has 0 radical (unpaired) electrons. The Hall–Kier alpha value is -4.35. The predicted molar refractivity (Wildman–Crippen MR) is 124 cm³/mol. The highest BCUT2D eigenvalue weighted by atomic mass is 19.1. The van der Waals surface area contributed by atoms with Gasteiger partial charge in [-0.15, -0.1) is 0 Å². The lowest BCUT2D eigenvalue weighted by Gasteiger charge is -2.08. The van der Waals surface area contributed by atoms with Gasteiger partial charge in [0.15, 0.2) is 5.69 Å². The lowest BCUT2D eigenvalue weighted by Crippen LogP contribution is -2.17. The number of rotatable bonds is 7. The first-order chi connectivity index (χ1) is 16.6. The van der Waals surface area contributed by atoms with Crippen LogP contribution in [0.3, 0.4) is 0 Å². The average molecular weight is 481 g/mol. The van der Waals surface area contributed by atoms with Crippen LogP contribution in [0.25, 0.3) is 0 Å². The molecule has 182 valence electrons. The summed E-state index contributed by atoms with van der Waals surface area (Å²) in [6.45, 7) is 8.80. The van der Waals surface area contributed by atoms with E-state index in [1.54, 1.807) is 51.4 Å². The Kier molecular flexibility index (Phi) is 6.20. The molecule has 0 saturated carbocycles. The summed E-state index contributed by atoms with van der Waals surface area (Å²) in [5.41, 5.74) is 3.62. The Morgan fingerprint density at radius 2 is 1.77 bits per heavy atom. The van der Waals surface area contributed by atoms with E-state index >= 15 is 0 Å². The second-order valence-electron chi connectivity index (χ2n) is 8.29. The molecular weight excluding hydrogens is 457 g/mol. The molecule has 1 aromatic carbocycles. The van der Waals surface area contributed by atoms with E-state index < -0.39 is 10.8 Å². The van der Waals surface area contributed by atoms with Gasteiger partial charge in [0.05, 0.1) is 35.1 Å². The molecule has 0 spiro atoms. The van der Waals surface area contributed by atoms with Gasteiger partial charge in [0.1, 0.15) is 23.0 Å². The maximum Gasteiger partial charge on any atom is 0.312 e. The van der Waals surface area contributed by atoms with Crippen LogP contribution in [-0.4, -0.2) is 35.5 Å². The van der Waals surface area contributed by atoms with E-state index in [-0.39, 0.29) is 29.4 Å². The Labute approximate surface area is 199 Å². The maximum atomic E-state index is 13.6. The van der Waals surface area contributed by atoms with Gasteiger partial charge in [0.25, 0.3) is 5.91 Å². The molecule has 0 fully saturated rings. The molecule has 0 aliphatic heterocycles. The summed E-state index contributed by atoms with van der Waals surface area (Å²) in [5.74, 6) is -0.440. The van der Waals surface area contributed by atoms with Gasteiger partial charge in [-0.05, 0) is 52.3 Å². The molecule has 4 rings (SSSR count). The Morgan fingerprint density at radius 1 is 1.09 bits per heavy atom. The van der Waals surface area contributed by atoms with Gasteiger partial charge in [-0.25, -0.2) is 4.39 Å². The third-order valence-electron chi connectivity index (χ3n) is 5.87. The molecule has 0 aliphatic carbocycles. The molecule has 3 aromatic heterocycles. The van der Waals surface area contributed by atoms with Crippen molar-refractivity contribution in [1.29, 1.82) is 0 Å². The van der Waals surface area contributed by atoms with Crippen LogP contribution < -0.4 is 5.32 Å². The molecule has 0 unspecified atom stereocenters. The van der Waals surface area contributed by atoms with Crippen LogP contribution in [0.2, 0.25) is 0 Å². The fourth-order valence-corrected chi connectivity index (χ4v) is 4.02. The van der Waals surface area contributed by atoms with Crippen LogP contribution in [0.5, 0.6) is 0 Å². The van der Waals surface area contributed by atoms with Gasteiger partial charge >= 0.3 is 5.69 Å². The largest absolute Gasteiger partial charge is 0.361 e. The summed E-state index contributed by atoms with van der Waals surface area (Å²) in [5, 5.41) is 26.8. The number of aromatic nitrogens is 5. The summed E-state index contributed by atoms with van der Waals surface area (Å²) in [4.78, 5) is 24.0. The second-order valence-corrected chi connectivity index (χ2v) is 8.29. The van der Waals surface area contributed by atoms with E-state index in [4.69, 9.17) is 4.52 Å². The maximum absolute atomic E-state index is 13.6. The van der Waals surface area contributed by atoms with Crippen LogP contribution in [0.15, 0.2) is 28.8 Å². The van der Waals surface area contributed by atoms with Crippen molar-refractivity contribution >= 4 is 17.3 Å². The molecule has 1 N–H and O–H groups in total. The summed E-state index contributed by atoms with van der Waals surface area (Å²) < 4.78 is 22.0. The zero-order valence-electron chi connectivity index (χ0n) is 19.9. The van der Waals surface area contributed by atoms with Crippen LogP contribution in [0.4, 0.5) is 15.8 Å². The van der Waals surface area contributed by atoms with Gasteiger partial charge in [0, 0.05) is 5.56 Å². The van der Waals surface area contributed by atoms with E-state index in [1.807, 2.05) is 0 Å². The fraction of sp³-hybridized carbons (Fsp3) is 0.304. The normalized spacial score (nSPS) is 11.1. The van der Waals surface area contributed by atoms with Crippen molar-refractivity contribution < 1.29 is 18.6 Å². The number of halogens is 1. The van der Waals surface area contributed by atoms with Crippen LogP contribution in [0, 0.1) is 50.6 Å². The Bertz CT molecular complexity index is 1450. The Morgan fingerprint density at radius 3 is 2.43 bits per heavy atom. The van der Waals surface area contributed by atoms with Crippen molar-refractivity contribution in [2.75, 3.05) is 5.32 Å². The summed E-state index contributed by atoms with van der Waals surface area (Å²) in [6, 6.07) is 6.23. The summed E-state index contributed by atoms with van der Waals surface area (Å²) in [6.07, 6.45) is 0. The highest BCUT2D eigenvalue weighted by Gasteiger charge is 2.26. The first-order valence-corrected chi connectivity index (χ1v) is 10.8. The number of benzene rings is 1. The molecule has 11 nitrogen and oxygen atoms in total. The average Bonchev–Trinajstić information content (AvgIpc) is 3.37. The summed E-state index contributed by atoms with van der Waals surface area (Å²) >= 11 is 0. The highest BCUT2D eigenvalue weighted by molar-refractivity contribution is 6.04. The lowest BCUT2D eigenvalue weighted by atomic mass is 10.1.